The molecule has 0 saturated heterocycles. The smallest absolute Gasteiger partial charge is 0.255 e. The molecule has 0 fully saturated rings. The maximum absolute atomic E-state index is 12.5. The number of amides is 1. The van der Waals surface area contributed by atoms with Crippen LogP contribution in [-0.2, 0) is 4.79 Å². The zero-order valence-corrected chi connectivity index (χ0v) is 13.4. The highest BCUT2D eigenvalue weighted by Gasteiger charge is 2.18. The number of halogens is 1. The van der Waals surface area contributed by atoms with Crippen LogP contribution in [-0.4, -0.2) is 19.1 Å². The molecule has 4 nitrogen and oxygen atoms in total. The standard InChI is InChI=1S/C18H16ClNO3/c1-2-22-17-6-4-3-5-15(17)20-18(21)13-9-12-10-14(19)7-8-16(12)23-11-13/h3-10H,2,11H2,1H3,(H,20,21). The van der Waals surface area contributed by atoms with Gasteiger partial charge < -0.3 is 14.8 Å². The van der Waals surface area contributed by atoms with Crippen LogP contribution in [0.15, 0.2) is 48.0 Å². The summed E-state index contributed by atoms with van der Waals surface area (Å²) in [5.74, 6) is 1.15. The molecule has 0 aliphatic carbocycles. The molecular weight excluding hydrogens is 314 g/mol. The number of para-hydroxylation sites is 2. The molecule has 0 aromatic heterocycles. The van der Waals surface area contributed by atoms with Gasteiger partial charge in [-0.05, 0) is 43.3 Å². The van der Waals surface area contributed by atoms with Crippen LogP contribution in [0.4, 0.5) is 5.69 Å². The zero-order chi connectivity index (χ0) is 16.2. The normalized spacial score (nSPS) is 12.7. The molecule has 0 radical (unpaired) electrons. The highest BCUT2D eigenvalue weighted by molar-refractivity contribution is 6.30. The minimum absolute atomic E-state index is 0.220. The maximum atomic E-state index is 12.5. The van der Waals surface area contributed by atoms with E-state index < -0.39 is 0 Å². The van der Waals surface area contributed by atoms with Crippen LogP contribution < -0.4 is 14.8 Å². The van der Waals surface area contributed by atoms with Crippen molar-refractivity contribution in [1.29, 1.82) is 0 Å². The predicted molar refractivity (Wildman–Crippen MR) is 91.2 cm³/mol. The minimum atomic E-state index is -0.220. The first kappa shape index (κ1) is 15.4. The van der Waals surface area contributed by atoms with Gasteiger partial charge in [-0.15, -0.1) is 0 Å². The fourth-order valence-corrected chi connectivity index (χ4v) is 2.51. The lowest BCUT2D eigenvalue weighted by Gasteiger charge is -2.18. The SMILES string of the molecule is CCOc1ccccc1NC(=O)C1=Cc2cc(Cl)ccc2OC1. The molecule has 0 unspecified atom stereocenters. The number of fused-ring (bicyclic) bond motifs is 1. The fourth-order valence-electron chi connectivity index (χ4n) is 2.33. The van der Waals surface area contributed by atoms with E-state index in [1.807, 2.05) is 25.1 Å². The summed E-state index contributed by atoms with van der Waals surface area (Å²) < 4.78 is 11.1. The number of anilines is 1. The Hall–Kier alpha value is -2.46. The molecule has 0 atom stereocenters. The molecular formula is C18H16ClNO3. The summed E-state index contributed by atoms with van der Waals surface area (Å²) >= 11 is 5.99. The number of hydrogen-bond donors (Lipinski definition) is 1. The molecule has 1 aliphatic heterocycles. The number of ether oxygens (including phenoxy) is 2. The molecule has 5 heteroatoms. The quantitative estimate of drug-likeness (QED) is 0.916. The number of carbonyl (C=O) groups is 1. The number of rotatable bonds is 4. The van der Waals surface area contributed by atoms with Crippen LogP contribution in [0.3, 0.4) is 0 Å². The zero-order valence-electron chi connectivity index (χ0n) is 12.6. The van der Waals surface area contributed by atoms with E-state index in [1.165, 1.54) is 0 Å². The Morgan fingerprint density at radius 3 is 2.96 bits per heavy atom. The average Bonchev–Trinajstić information content (AvgIpc) is 2.56. The highest BCUT2D eigenvalue weighted by atomic mass is 35.5. The number of hydrogen-bond acceptors (Lipinski definition) is 3. The molecule has 1 aliphatic rings. The van der Waals surface area contributed by atoms with E-state index in [1.54, 1.807) is 30.3 Å². The summed E-state index contributed by atoms with van der Waals surface area (Å²) in [7, 11) is 0. The first-order valence-electron chi connectivity index (χ1n) is 7.33. The van der Waals surface area contributed by atoms with Gasteiger partial charge >= 0.3 is 0 Å². The van der Waals surface area contributed by atoms with Crippen molar-refractivity contribution in [2.24, 2.45) is 0 Å². The summed E-state index contributed by atoms with van der Waals surface area (Å²) in [5, 5.41) is 3.47. The molecule has 2 aromatic carbocycles. The third kappa shape index (κ3) is 3.48. The van der Waals surface area contributed by atoms with Gasteiger partial charge in [0.1, 0.15) is 18.1 Å². The summed E-state index contributed by atoms with van der Waals surface area (Å²) in [4.78, 5) is 12.5. The van der Waals surface area contributed by atoms with Crippen molar-refractivity contribution in [3.8, 4) is 11.5 Å². The maximum Gasteiger partial charge on any atom is 0.255 e. The van der Waals surface area contributed by atoms with Gasteiger partial charge in [-0.1, -0.05) is 23.7 Å². The van der Waals surface area contributed by atoms with E-state index in [0.29, 0.717) is 28.6 Å². The third-order valence-electron chi connectivity index (χ3n) is 3.41. The van der Waals surface area contributed by atoms with Crippen LogP contribution in [0.2, 0.25) is 5.02 Å². The minimum Gasteiger partial charge on any atom is -0.492 e. The van der Waals surface area contributed by atoms with Gasteiger partial charge in [-0.25, -0.2) is 0 Å². The van der Waals surface area contributed by atoms with Crippen molar-refractivity contribution in [1.82, 2.24) is 0 Å². The average molecular weight is 330 g/mol. The van der Waals surface area contributed by atoms with Crippen molar-refractivity contribution in [3.05, 3.63) is 58.6 Å². The van der Waals surface area contributed by atoms with Crippen molar-refractivity contribution >= 4 is 29.3 Å². The molecule has 1 amide bonds. The van der Waals surface area contributed by atoms with Crippen LogP contribution in [0.1, 0.15) is 12.5 Å². The second-order valence-electron chi connectivity index (χ2n) is 5.02. The fraction of sp³-hybridized carbons (Fsp3) is 0.167. The van der Waals surface area contributed by atoms with Gasteiger partial charge in [0.2, 0.25) is 0 Å². The second kappa shape index (κ2) is 6.75. The van der Waals surface area contributed by atoms with Gasteiger partial charge in [0.25, 0.3) is 5.91 Å². The summed E-state index contributed by atoms with van der Waals surface area (Å²) in [6, 6.07) is 12.7. The van der Waals surface area contributed by atoms with Gasteiger partial charge in [0.15, 0.2) is 0 Å². The van der Waals surface area contributed by atoms with E-state index in [0.717, 1.165) is 11.3 Å². The predicted octanol–water partition coefficient (Wildman–Crippen LogP) is 4.15. The summed E-state index contributed by atoms with van der Waals surface area (Å²) in [6.07, 6.45) is 1.79. The lowest BCUT2D eigenvalue weighted by Crippen LogP contribution is -2.21. The van der Waals surface area contributed by atoms with Crippen LogP contribution in [0, 0.1) is 0 Å². The number of nitrogens with one attached hydrogen (secondary N) is 1. The van der Waals surface area contributed by atoms with E-state index in [2.05, 4.69) is 5.32 Å². The first-order valence-corrected chi connectivity index (χ1v) is 7.71. The van der Waals surface area contributed by atoms with Crippen molar-refractivity contribution in [2.45, 2.75) is 6.92 Å². The second-order valence-corrected chi connectivity index (χ2v) is 5.46. The molecule has 0 spiro atoms. The molecule has 0 bridgehead atoms. The Morgan fingerprint density at radius 2 is 2.13 bits per heavy atom. The largest absolute Gasteiger partial charge is 0.492 e. The molecule has 1 N–H and O–H groups in total. The first-order chi connectivity index (χ1) is 11.2. The summed E-state index contributed by atoms with van der Waals surface area (Å²) in [5.41, 5.74) is 1.97. The molecule has 2 aromatic rings. The molecule has 23 heavy (non-hydrogen) atoms. The summed E-state index contributed by atoms with van der Waals surface area (Å²) in [6.45, 7) is 2.65. The lowest BCUT2D eigenvalue weighted by atomic mass is 10.1. The van der Waals surface area contributed by atoms with Crippen molar-refractivity contribution < 1.29 is 14.3 Å². The van der Waals surface area contributed by atoms with Crippen molar-refractivity contribution in [2.75, 3.05) is 18.5 Å². The van der Waals surface area contributed by atoms with Crippen LogP contribution in [0.5, 0.6) is 11.5 Å². The van der Waals surface area contributed by atoms with Gasteiger partial charge in [0, 0.05) is 10.6 Å². The van der Waals surface area contributed by atoms with Crippen LogP contribution in [0.25, 0.3) is 6.08 Å². The monoisotopic (exact) mass is 329 g/mol. The molecule has 3 rings (SSSR count). The number of benzene rings is 2. The van der Waals surface area contributed by atoms with E-state index in [-0.39, 0.29) is 12.5 Å². The van der Waals surface area contributed by atoms with E-state index in [4.69, 9.17) is 21.1 Å². The Bertz CT molecular complexity index is 771. The van der Waals surface area contributed by atoms with Crippen molar-refractivity contribution in [3.63, 3.8) is 0 Å². The van der Waals surface area contributed by atoms with Crippen LogP contribution >= 0.6 is 11.6 Å². The molecule has 1 heterocycles. The van der Waals surface area contributed by atoms with E-state index >= 15 is 0 Å². The lowest BCUT2D eigenvalue weighted by molar-refractivity contribution is -0.113. The molecule has 118 valence electrons. The van der Waals surface area contributed by atoms with Gasteiger partial charge in [-0.2, -0.15) is 0 Å². The Balaban J connectivity index is 1.82. The number of carbonyl (C=O) groups excluding carboxylic acids is 1. The topological polar surface area (TPSA) is 47.6 Å². The Labute approximate surface area is 139 Å². The third-order valence-corrected chi connectivity index (χ3v) is 3.65. The van der Waals surface area contributed by atoms with E-state index in [9.17, 15) is 4.79 Å². The Kier molecular flexibility index (Phi) is 4.53. The van der Waals surface area contributed by atoms with Gasteiger partial charge in [0.05, 0.1) is 17.9 Å². The molecule has 0 saturated carbocycles. The Morgan fingerprint density at radius 1 is 1.30 bits per heavy atom. The van der Waals surface area contributed by atoms with Gasteiger partial charge in [-0.3, -0.25) is 4.79 Å². The highest BCUT2D eigenvalue weighted by Crippen LogP contribution is 2.30.